The highest BCUT2D eigenvalue weighted by Gasteiger charge is 2.28. The number of hydrogen-bond acceptors (Lipinski definition) is 5. The van der Waals surface area contributed by atoms with Crippen LogP contribution in [-0.2, 0) is 6.42 Å². The van der Waals surface area contributed by atoms with Gasteiger partial charge >= 0.3 is 0 Å². The van der Waals surface area contributed by atoms with Gasteiger partial charge in [0.15, 0.2) is 5.76 Å². The monoisotopic (exact) mass is 324 g/mol. The molecule has 0 saturated carbocycles. The Morgan fingerprint density at radius 1 is 1.38 bits per heavy atom. The molecule has 0 aliphatic carbocycles. The van der Waals surface area contributed by atoms with E-state index in [1.807, 2.05) is 31.2 Å². The highest BCUT2D eigenvalue weighted by Crippen LogP contribution is 2.32. The van der Waals surface area contributed by atoms with Gasteiger partial charge in [0.2, 0.25) is 0 Å². The average molecular weight is 324 g/mol. The van der Waals surface area contributed by atoms with E-state index in [1.54, 1.807) is 6.07 Å². The molecule has 1 saturated heterocycles. The summed E-state index contributed by atoms with van der Waals surface area (Å²) < 4.78 is 5.44. The number of rotatable bonds is 4. The van der Waals surface area contributed by atoms with Gasteiger partial charge in [-0.2, -0.15) is 0 Å². The predicted molar refractivity (Wildman–Crippen MR) is 90.9 cm³/mol. The molecule has 1 atom stereocenters. The van der Waals surface area contributed by atoms with Crippen molar-refractivity contribution in [2.75, 3.05) is 13.1 Å². The van der Waals surface area contributed by atoms with Crippen LogP contribution in [0.3, 0.4) is 0 Å². The van der Waals surface area contributed by atoms with Crippen molar-refractivity contribution in [3.8, 4) is 0 Å². The summed E-state index contributed by atoms with van der Waals surface area (Å²) in [6.07, 6.45) is 2.94. The van der Waals surface area contributed by atoms with Crippen LogP contribution in [0, 0.1) is 6.92 Å². The van der Waals surface area contributed by atoms with Gasteiger partial charge in [0.1, 0.15) is 5.82 Å². The molecule has 1 fully saturated rings. The van der Waals surface area contributed by atoms with Crippen LogP contribution in [0.1, 0.15) is 36.2 Å². The Labute approximate surface area is 139 Å². The fraction of sp³-hybridized carbons (Fsp3) is 0.389. The number of likely N-dealkylation sites (tertiary alicyclic amines) is 1. The third kappa shape index (κ3) is 2.85. The lowest BCUT2D eigenvalue weighted by atomic mass is 10.1. The SMILES string of the molecule is Cc1cc([C@@H]2CCCN2CCc2nc3ccccc3c(=O)[nH]2)on1. The van der Waals surface area contributed by atoms with E-state index >= 15 is 0 Å². The molecule has 1 aliphatic heterocycles. The first-order chi connectivity index (χ1) is 11.7. The van der Waals surface area contributed by atoms with Crippen LogP contribution in [0.5, 0.6) is 0 Å². The van der Waals surface area contributed by atoms with Gasteiger partial charge in [-0.3, -0.25) is 9.69 Å². The molecular weight excluding hydrogens is 304 g/mol. The number of aromatic nitrogens is 3. The normalized spacial score (nSPS) is 18.5. The van der Waals surface area contributed by atoms with Crippen molar-refractivity contribution in [3.05, 3.63) is 58.0 Å². The highest BCUT2D eigenvalue weighted by molar-refractivity contribution is 5.77. The van der Waals surface area contributed by atoms with Gasteiger partial charge in [0.05, 0.1) is 22.6 Å². The van der Waals surface area contributed by atoms with E-state index in [4.69, 9.17) is 4.52 Å². The second-order valence-electron chi connectivity index (χ2n) is 6.34. The maximum Gasteiger partial charge on any atom is 0.258 e. The number of nitrogens with one attached hydrogen (secondary N) is 1. The highest BCUT2D eigenvalue weighted by atomic mass is 16.5. The lowest BCUT2D eigenvalue weighted by Gasteiger charge is -2.21. The van der Waals surface area contributed by atoms with Crippen LogP contribution in [0.25, 0.3) is 10.9 Å². The minimum Gasteiger partial charge on any atom is -0.359 e. The topological polar surface area (TPSA) is 75.0 Å². The second kappa shape index (κ2) is 6.20. The molecule has 6 heteroatoms. The number of benzene rings is 1. The quantitative estimate of drug-likeness (QED) is 0.798. The van der Waals surface area contributed by atoms with Gasteiger partial charge in [-0.05, 0) is 38.4 Å². The summed E-state index contributed by atoms with van der Waals surface area (Å²) in [5.74, 6) is 1.67. The first kappa shape index (κ1) is 15.1. The van der Waals surface area contributed by atoms with Crippen LogP contribution in [0.2, 0.25) is 0 Å². The van der Waals surface area contributed by atoms with Crippen LogP contribution in [0.15, 0.2) is 39.6 Å². The number of nitrogens with zero attached hydrogens (tertiary/aromatic N) is 3. The summed E-state index contributed by atoms with van der Waals surface area (Å²) >= 11 is 0. The van der Waals surface area contributed by atoms with E-state index in [0.717, 1.165) is 48.7 Å². The molecule has 0 radical (unpaired) electrons. The zero-order valence-electron chi connectivity index (χ0n) is 13.7. The van der Waals surface area contributed by atoms with E-state index in [2.05, 4.69) is 20.0 Å². The molecule has 24 heavy (non-hydrogen) atoms. The Bertz CT molecular complexity index is 915. The second-order valence-corrected chi connectivity index (χ2v) is 6.34. The summed E-state index contributed by atoms with van der Waals surface area (Å²) in [4.78, 5) is 22.0. The van der Waals surface area contributed by atoms with Crippen LogP contribution >= 0.6 is 0 Å². The number of hydrogen-bond donors (Lipinski definition) is 1. The number of aryl methyl sites for hydroxylation is 1. The van der Waals surface area contributed by atoms with Gasteiger partial charge in [-0.25, -0.2) is 4.98 Å². The van der Waals surface area contributed by atoms with Crippen molar-refractivity contribution in [2.45, 2.75) is 32.2 Å². The Morgan fingerprint density at radius 2 is 2.25 bits per heavy atom. The standard InChI is InChI=1S/C18H20N4O2/c1-12-11-16(24-21-12)15-7-4-9-22(15)10-8-17-19-14-6-3-2-5-13(14)18(23)20-17/h2-3,5-6,11,15H,4,7-10H2,1H3,(H,19,20,23)/t15-/m0/s1. The summed E-state index contributed by atoms with van der Waals surface area (Å²) in [5.41, 5.74) is 1.59. The van der Waals surface area contributed by atoms with Crippen molar-refractivity contribution in [1.82, 2.24) is 20.0 Å². The van der Waals surface area contributed by atoms with Crippen LogP contribution in [-0.4, -0.2) is 33.1 Å². The van der Waals surface area contributed by atoms with E-state index in [1.165, 1.54) is 0 Å². The Morgan fingerprint density at radius 3 is 3.08 bits per heavy atom. The van der Waals surface area contributed by atoms with Crippen molar-refractivity contribution in [2.24, 2.45) is 0 Å². The fourth-order valence-corrected chi connectivity index (χ4v) is 3.46. The van der Waals surface area contributed by atoms with Gasteiger partial charge < -0.3 is 9.51 Å². The predicted octanol–water partition coefficient (Wildman–Crippen LogP) is 2.60. The summed E-state index contributed by atoms with van der Waals surface area (Å²) in [7, 11) is 0. The molecule has 4 rings (SSSR count). The number of H-pyrrole nitrogens is 1. The first-order valence-corrected chi connectivity index (χ1v) is 8.36. The molecule has 1 aromatic carbocycles. The molecule has 1 aliphatic rings. The number of fused-ring (bicyclic) bond motifs is 1. The maximum absolute atomic E-state index is 12.2. The third-order valence-electron chi connectivity index (χ3n) is 4.64. The van der Waals surface area contributed by atoms with Gasteiger partial charge in [0.25, 0.3) is 5.56 Å². The molecule has 3 aromatic rings. The summed E-state index contributed by atoms with van der Waals surface area (Å²) in [5, 5.41) is 4.63. The summed E-state index contributed by atoms with van der Waals surface area (Å²) in [6, 6.07) is 9.73. The van der Waals surface area contributed by atoms with E-state index in [9.17, 15) is 4.79 Å². The van der Waals surface area contributed by atoms with Gasteiger partial charge in [0, 0.05) is 19.0 Å². The molecule has 0 amide bonds. The van der Waals surface area contributed by atoms with Crippen LogP contribution < -0.4 is 5.56 Å². The molecular formula is C18H20N4O2. The first-order valence-electron chi connectivity index (χ1n) is 8.36. The van der Waals surface area contributed by atoms with Gasteiger partial charge in [-0.15, -0.1) is 0 Å². The maximum atomic E-state index is 12.2. The third-order valence-corrected chi connectivity index (χ3v) is 4.64. The zero-order chi connectivity index (χ0) is 16.5. The minimum atomic E-state index is -0.0700. The van der Waals surface area contributed by atoms with Crippen molar-refractivity contribution < 1.29 is 4.52 Å². The average Bonchev–Trinajstić information content (AvgIpc) is 3.21. The Hall–Kier alpha value is -2.47. The lowest BCUT2D eigenvalue weighted by Crippen LogP contribution is -2.26. The lowest BCUT2D eigenvalue weighted by molar-refractivity contribution is 0.215. The molecule has 2 aromatic heterocycles. The molecule has 0 unspecified atom stereocenters. The van der Waals surface area contributed by atoms with E-state index in [0.29, 0.717) is 11.8 Å². The molecule has 0 bridgehead atoms. The van der Waals surface area contributed by atoms with Crippen LogP contribution in [0.4, 0.5) is 0 Å². The van der Waals surface area contributed by atoms with Gasteiger partial charge in [-0.1, -0.05) is 17.3 Å². The minimum absolute atomic E-state index is 0.0700. The Balaban J connectivity index is 1.51. The van der Waals surface area contributed by atoms with Crippen molar-refractivity contribution in [1.29, 1.82) is 0 Å². The Kier molecular flexibility index (Phi) is 3.90. The van der Waals surface area contributed by atoms with E-state index in [-0.39, 0.29) is 11.6 Å². The molecule has 1 N–H and O–H groups in total. The zero-order valence-corrected chi connectivity index (χ0v) is 13.7. The largest absolute Gasteiger partial charge is 0.359 e. The fourth-order valence-electron chi connectivity index (χ4n) is 3.46. The smallest absolute Gasteiger partial charge is 0.258 e. The molecule has 0 spiro atoms. The van der Waals surface area contributed by atoms with Crippen molar-refractivity contribution >= 4 is 10.9 Å². The van der Waals surface area contributed by atoms with Crippen molar-refractivity contribution in [3.63, 3.8) is 0 Å². The summed E-state index contributed by atoms with van der Waals surface area (Å²) in [6.45, 7) is 3.81. The molecule has 124 valence electrons. The molecule has 6 nitrogen and oxygen atoms in total. The number of para-hydroxylation sites is 1. The molecule has 3 heterocycles. The number of aromatic amines is 1. The van der Waals surface area contributed by atoms with E-state index < -0.39 is 0 Å².